The fraction of sp³-hybridized carbons (Fsp3) is 0.217. The van der Waals surface area contributed by atoms with E-state index in [1.54, 1.807) is 31.0 Å². The van der Waals surface area contributed by atoms with Crippen molar-refractivity contribution < 1.29 is 14.6 Å². The van der Waals surface area contributed by atoms with Crippen LogP contribution in [-0.4, -0.2) is 47.1 Å². The second-order valence-corrected chi connectivity index (χ2v) is 7.53. The van der Waals surface area contributed by atoms with E-state index in [4.69, 9.17) is 31.8 Å². The number of aliphatic hydroxyl groups excluding tert-OH is 1. The highest BCUT2D eigenvalue weighted by Gasteiger charge is 2.19. The minimum Gasteiger partial charge on any atom is -0.493 e. The number of nitrogens with zero attached hydrogens (tertiary/aromatic N) is 3. The Balaban J connectivity index is 1.90. The second kappa shape index (κ2) is 9.44. The van der Waals surface area contributed by atoms with E-state index in [2.05, 4.69) is 10.4 Å². The molecule has 0 amide bonds. The van der Waals surface area contributed by atoms with Crippen LogP contribution in [0.5, 0.6) is 11.5 Å². The van der Waals surface area contributed by atoms with Crippen molar-refractivity contribution in [2.75, 3.05) is 33.1 Å². The first-order chi connectivity index (χ1) is 15.6. The Kier molecular flexibility index (Phi) is 6.45. The molecule has 4 N–H and O–H groups in total. The zero-order valence-electron chi connectivity index (χ0n) is 17.8. The number of methoxy groups -OCH3 is 2. The van der Waals surface area contributed by atoms with E-state index in [9.17, 15) is 5.11 Å². The Labute approximate surface area is 190 Å². The number of halogens is 1. The van der Waals surface area contributed by atoms with Crippen LogP contribution in [0.2, 0.25) is 5.02 Å². The molecule has 0 fully saturated rings. The van der Waals surface area contributed by atoms with Gasteiger partial charge in [-0.05, 0) is 35.4 Å². The van der Waals surface area contributed by atoms with Crippen LogP contribution < -0.4 is 20.5 Å². The molecule has 0 unspecified atom stereocenters. The monoisotopic (exact) mass is 453 g/mol. The van der Waals surface area contributed by atoms with Gasteiger partial charge < -0.3 is 25.6 Å². The van der Waals surface area contributed by atoms with Crippen molar-refractivity contribution in [2.24, 2.45) is 0 Å². The number of nitrogens with one attached hydrogen (secondary N) is 1. The van der Waals surface area contributed by atoms with Gasteiger partial charge in [-0.15, -0.1) is 0 Å². The number of hydrogen-bond acceptors (Lipinski definition) is 7. The highest BCUT2D eigenvalue weighted by atomic mass is 35.5. The van der Waals surface area contributed by atoms with Crippen molar-refractivity contribution in [1.82, 2.24) is 19.9 Å². The summed E-state index contributed by atoms with van der Waals surface area (Å²) < 4.78 is 12.4. The molecule has 8 nitrogen and oxygen atoms in total. The van der Waals surface area contributed by atoms with Crippen LogP contribution in [0.3, 0.4) is 0 Å². The summed E-state index contributed by atoms with van der Waals surface area (Å²) in [4.78, 5) is 4.91. The predicted molar refractivity (Wildman–Crippen MR) is 125 cm³/mol. The van der Waals surface area contributed by atoms with E-state index < -0.39 is 0 Å². The van der Waals surface area contributed by atoms with Crippen molar-refractivity contribution in [3.8, 4) is 33.8 Å². The maximum Gasteiger partial charge on any atom is 0.165 e. The normalized spacial score (nSPS) is 11.1. The summed E-state index contributed by atoms with van der Waals surface area (Å²) >= 11 is 6.23. The first-order valence-electron chi connectivity index (χ1n) is 10.0. The Morgan fingerprint density at radius 1 is 1.09 bits per heavy atom. The number of benzene rings is 2. The van der Waals surface area contributed by atoms with Crippen LogP contribution in [0.25, 0.3) is 27.9 Å². The molecule has 2 aromatic heterocycles. The molecule has 4 rings (SSSR count). The van der Waals surface area contributed by atoms with Gasteiger partial charge in [0.2, 0.25) is 0 Å². The molecule has 0 aliphatic rings. The molecule has 0 bridgehead atoms. The van der Waals surface area contributed by atoms with Crippen molar-refractivity contribution in [3.05, 3.63) is 59.4 Å². The van der Waals surface area contributed by atoms with Gasteiger partial charge in [0.15, 0.2) is 17.1 Å². The third-order valence-corrected chi connectivity index (χ3v) is 5.38. The van der Waals surface area contributed by atoms with Crippen molar-refractivity contribution in [3.63, 3.8) is 0 Å². The quantitative estimate of drug-likeness (QED) is 0.351. The summed E-state index contributed by atoms with van der Waals surface area (Å²) in [7, 11) is 3.19. The van der Waals surface area contributed by atoms with Gasteiger partial charge in [-0.3, -0.25) is 0 Å². The van der Waals surface area contributed by atoms with Gasteiger partial charge in [0.1, 0.15) is 5.82 Å². The van der Waals surface area contributed by atoms with Gasteiger partial charge in [-0.2, -0.15) is 9.61 Å². The van der Waals surface area contributed by atoms with Crippen LogP contribution in [0.4, 0.5) is 5.82 Å². The van der Waals surface area contributed by atoms with Gasteiger partial charge in [-0.25, -0.2) is 4.98 Å². The molecule has 0 spiro atoms. The Bertz CT molecular complexity index is 1260. The Hall–Kier alpha value is -3.33. The number of nitrogen functional groups attached to an aromatic ring is 1. The number of nitrogens with two attached hydrogens (primary N) is 1. The summed E-state index contributed by atoms with van der Waals surface area (Å²) in [5.74, 6) is 1.69. The van der Waals surface area contributed by atoms with Crippen molar-refractivity contribution >= 4 is 23.1 Å². The van der Waals surface area contributed by atoms with Gasteiger partial charge in [-0.1, -0.05) is 29.8 Å². The van der Waals surface area contributed by atoms with E-state index >= 15 is 0 Å². The molecular formula is C23H24ClN5O3. The molecule has 0 saturated carbocycles. The van der Waals surface area contributed by atoms with E-state index in [1.807, 2.05) is 36.4 Å². The average molecular weight is 454 g/mol. The molecule has 2 heterocycles. The highest BCUT2D eigenvalue weighted by molar-refractivity contribution is 6.30. The standard InChI is InChI=1S/C23H24ClN5O3/c1-31-19-7-6-14(11-20(19)32-2)17-12-27-29-22(25)21(15-4-3-5-16(24)10-15)18(28-23(17)29)13-26-8-9-30/h3-7,10-12,26,30H,8-9,13,25H2,1-2H3. The average Bonchev–Trinajstić information content (AvgIpc) is 3.23. The summed E-state index contributed by atoms with van der Waals surface area (Å²) in [6.45, 7) is 0.872. The lowest BCUT2D eigenvalue weighted by atomic mass is 10.0. The lowest BCUT2D eigenvalue weighted by Gasteiger charge is -2.15. The number of hydrogen-bond donors (Lipinski definition) is 3. The number of aromatic nitrogens is 3. The molecule has 0 saturated heterocycles. The van der Waals surface area contributed by atoms with E-state index in [0.717, 1.165) is 27.9 Å². The van der Waals surface area contributed by atoms with E-state index in [1.165, 1.54) is 0 Å². The zero-order chi connectivity index (χ0) is 22.7. The van der Waals surface area contributed by atoms with Crippen molar-refractivity contribution in [1.29, 1.82) is 0 Å². The SMILES string of the molecule is COc1ccc(-c2cnn3c(N)c(-c4cccc(Cl)c4)c(CNCCO)nc23)cc1OC. The molecule has 4 aromatic rings. The number of anilines is 1. The molecule has 0 aliphatic carbocycles. The predicted octanol–water partition coefficient (Wildman–Crippen LogP) is 3.40. The summed E-state index contributed by atoms with van der Waals surface area (Å²) in [5.41, 5.74) is 11.2. The van der Waals surface area contributed by atoms with Crippen molar-refractivity contribution in [2.45, 2.75) is 6.54 Å². The molecule has 0 radical (unpaired) electrons. The molecule has 32 heavy (non-hydrogen) atoms. The third kappa shape index (κ3) is 4.08. The van der Waals surface area contributed by atoms with E-state index in [0.29, 0.717) is 41.1 Å². The Morgan fingerprint density at radius 2 is 1.91 bits per heavy atom. The lowest BCUT2D eigenvalue weighted by molar-refractivity contribution is 0.291. The van der Waals surface area contributed by atoms with Crippen LogP contribution in [-0.2, 0) is 6.54 Å². The minimum absolute atomic E-state index is 0.0216. The second-order valence-electron chi connectivity index (χ2n) is 7.09. The maximum atomic E-state index is 9.18. The smallest absolute Gasteiger partial charge is 0.165 e. The fourth-order valence-electron chi connectivity index (χ4n) is 3.64. The van der Waals surface area contributed by atoms with E-state index in [-0.39, 0.29) is 6.61 Å². The van der Waals surface area contributed by atoms with Gasteiger partial charge >= 0.3 is 0 Å². The summed E-state index contributed by atoms with van der Waals surface area (Å²) in [5, 5.41) is 17.5. The largest absolute Gasteiger partial charge is 0.493 e. The van der Waals surface area contributed by atoms with Gasteiger partial charge in [0, 0.05) is 29.2 Å². The van der Waals surface area contributed by atoms with Crippen LogP contribution in [0.15, 0.2) is 48.7 Å². The highest BCUT2D eigenvalue weighted by Crippen LogP contribution is 2.36. The van der Waals surface area contributed by atoms with Crippen LogP contribution in [0, 0.1) is 0 Å². The number of aliphatic hydroxyl groups is 1. The summed E-state index contributed by atoms with van der Waals surface area (Å²) in [6.07, 6.45) is 1.73. The molecule has 2 aromatic carbocycles. The van der Waals surface area contributed by atoms with Crippen LogP contribution >= 0.6 is 11.6 Å². The topological polar surface area (TPSA) is 107 Å². The zero-order valence-corrected chi connectivity index (χ0v) is 18.6. The summed E-state index contributed by atoms with van der Waals surface area (Å²) in [6, 6.07) is 13.1. The fourth-order valence-corrected chi connectivity index (χ4v) is 3.83. The first-order valence-corrected chi connectivity index (χ1v) is 10.4. The number of fused-ring (bicyclic) bond motifs is 1. The van der Waals surface area contributed by atoms with Crippen LogP contribution in [0.1, 0.15) is 5.69 Å². The minimum atomic E-state index is 0.0216. The third-order valence-electron chi connectivity index (χ3n) is 5.15. The lowest BCUT2D eigenvalue weighted by Crippen LogP contribution is -2.20. The first kappa shape index (κ1) is 21.9. The van der Waals surface area contributed by atoms with Gasteiger partial charge in [0.05, 0.1) is 32.7 Å². The maximum absolute atomic E-state index is 9.18. The molecular weight excluding hydrogens is 430 g/mol. The number of rotatable bonds is 8. The molecule has 0 atom stereocenters. The Morgan fingerprint density at radius 3 is 2.62 bits per heavy atom. The molecule has 9 heteroatoms. The molecule has 0 aliphatic heterocycles. The van der Waals surface area contributed by atoms with Gasteiger partial charge in [0.25, 0.3) is 0 Å². The molecule has 166 valence electrons. The number of ether oxygens (including phenoxy) is 2.